The lowest BCUT2D eigenvalue weighted by Crippen LogP contribution is -2.25. The summed E-state index contributed by atoms with van der Waals surface area (Å²) in [5.41, 5.74) is 1.59. The molecule has 0 atom stereocenters. The van der Waals surface area contributed by atoms with Gasteiger partial charge in [-0.25, -0.2) is 0 Å². The number of hydrogen-bond donors (Lipinski definition) is 0. The zero-order chi connectivity index (χ0) is 18.0. The van der Waals surface area contributed by atoms with Crippen molar-refractivity contribution >= 4 is 0 Å². The Morgan fingerprint density at radius 2 is 1.23 bits per heavy atom. The van der Waals surface area contributed by atoms with Gasteiger partial charge in [0.25, 0.3) is 0 Å². The first-order valence-corrected chi connectivity index (χ1v) is 11.9. The molecule has 3 rings (SSSR count). The molecular formula is C26H42. The monoisotopic (exact) mass is 354 g/mol. The summed E-state index contributed by atoms with van der Waals surface area (Å²) in [5, 5.41) is 0. The summed E-state index contributed by atoms with van der Waals surface area (Å²) in [6.07, 6.45) is 22.3. The number of hydrogen-bond acceptors (Lipinski definition) is 0. The molecule has 0 heterocycles. The lowest BCUT2D eigenvalue weighted by Gasteiger charge is -2.38. The largest absolute Gasteiger partial charge is 0.0654 e. The normalized spacial score (nSPS) is 29.6. The lowest BCUT2D eigenvalue weighted by atomic mass is 9.68. The van der Waals surface area contributed by atoms with E-state index in [0.717, 1.165) is 23.7 Å². The van der Waals surface area contributed by atoms with E-state index in [-0.39, 0.29) is 0 Å². The Labute approximate surface area is 163 Å². The predicted molar refractivity (Wildman–Crippen MR) is 115 cm³/mol. The Balaban J connectivity index is 1.29. The van der Waals surface area contributed by atoms with Crippen LogP contribution in [0, 0.1) is 17.8 Å². The van der Waals surface area contributed by atoms with Crippen LogP contribution in [0.1, 0.15) is 115 Å². The van der Waals surface area contributed by atoms with E-state index >= 15 is 0 Å². The van der Waals surface area contributed by atoms with Gasteiger partial charge in [0, 0.05) is 0 Å². The van der Waals surface area contributed by atoms with Crippen molar-refractivity contribution in [1.82, 2.24) is 0 Å². The fourth-order valence-electron chi connectivity index (χ4n) is 5.81. The van der Waals surface area contributed by atoms with Crippen LogP contribution in [0.5, 0.6) is 0 Å². The topological polar surface area (TPSA) is 0 Å². The number of benzene rings is 1. The summed E-state index contributed by atoms with van der Waals surface area (Å²) in [4.78, 5) is 0. The maximum absolute atomic E-state index is 2.35. The second-order valence-corrected chi connectivity index (χ2v) is 9.36. The Hall–Kier alpha value is -0.780. The summed E-state index contributed by atoms with van der Waals surface area (Å²) < 4.78 is 0. The number of unbranched alkanes of at least 4 members (excludes halogenated alkanes) is 5. The smallest absolute Gasteiger partial charge is 0.0162 e. The zero-order valence-corrected chi connectivity index (χ0v) is 17.3. The molecule has 1 aromatic carbocycles. The van der Waals surface area contributed by atoms with Crippen LogP contribution in [-0.4, -0.2) is 0 Å². The van der Waals surface area contributed by atoms with Gasteiger partial charge in [-0.15, -0.1) is 0 Å². The van der Waals surface area contributed by atoms with Crippen molar-refractivity contribution < 1.29 is 0 Å². The highest BCUT2D eigenvalue weighted by atomic mass is 14.4. The van der Waals surface area contributed by atoms with Gasteiger partial charge in [0.05, 0.1) is 0 Å². The molecule has 1 aromatic rings. The van der Waals surface area contributed by atoms with Gasteiger partial charge in [0.1, 0.15) is 0 Å². The van der Waals surface area contributed by atoms with Gasteiger partial charge in [-0.1, -0.05) is 95.0 Å². The summed E-state index contributed by atoms with van der Waals surface area (Å²) in [6.45, 7) is 2.31. The van der Waals surface area contributed by atoms with Crippen molar-refractivity contribution in [2.24, 2.45) is 17.8 Å². The first-order valence-electron chi connectivity index (χ1n) is 11.9. The van der Waals surface area contributed by atoms with Crippen LogP contribution in [0.3, 0.4) is 0 Å². The summed E-state index contributed by atoms with van der Waals surface area (Å²) >= 11 is 0. The standard InChI is InChI=1S/C26H42/c1-2-3-4-5-6-8-11-22-14-16-24(17-15-22)26-20-18-25(19-21-26)23-12-9-7-10-13-23/h7,9-10,12-13,22,24-26H,2-6,8,11,14-21H2,1H3/t22-,24-,25-,26-. The highest BCUT2D eigenvalue weighted by Crippen LogP contribution is 2.44. The molecule has 146 valence electrons. The molecule has 0 spiro atoms. The molecule has 0 radical (unpaired) electrons. The molecule has 0 heteroatoms. The molecule has 2 fully saturated rings. The maximum atomic E-state index is 2.35. The predicted octanol–water partition coefficient (Wildman–Crippen LogP) is 8.52. The molecule has 2 aliphatic rings. The van der Waals surface area contributed by atoms with Gasteiger partial charge in [0.2, 0.25) is 0 Å². The maximum Gasteiger partial charge on any atom is -0.0162 e. The fourth-order valence-corrected chi connectivity index (χ4v) is 5.81. The van der Waals surface area contributed by atoms with Crippen molar-refractivity contribution in [3.8, 4) is 0 Å². The minimum Gasteiger partial charge on any atom is -0.0654 e. The molecule has 2 saturated carbocycles. The molecule has 26 heavy (non-hydrogen) atoms. The first kappa shape index (κ1) is 20.0. The highest BCUT2D eigenvalue weighted by Gasteiger charge is 2.31. The minimum absolute atomic E-state index is 0.844. The molecule has 0 nitrogen and oxygen atoms in total. The van der Waals surface area contributed by atoms with Crippen molar-refractivity contribution in [3.05, 3.63) is 35.9 Å². The Morgan fingerprint density at radius 1 is 0.654 bits per heavy atom. The van der Waals surface area contributed by atoms with Crippen LogP contribution in [0.2, 0.25) is 0 Å². The molecule has 0 unspecified atom stereocenters. The van der Waals surface area contributed by atoms with E-state index in [1.54, 1.807) is 18.4 Å². The van der Waals surface area contributed by atoms with Crippen molar-refractivity contribution in [2.75, 3.05) is 0 Å². The van der Waals surface area contributed by atoms with E-state index in [1.165, 1.54) is 83.5 Å². The summed E-state index contributed by atoms with van der Waals surface area (Å²) in [7, 11) is 0. The molecule has 0 bridgehead atoms. The van der Waals surface area contributed by atoms with Crippen LogP contribution in [0.25, 0.3) is 0 Å². The van der Waals surface area contributed by atoms with Crippen LogP contribution in [-0.2, 0) is 0 Å². The van der Waals surface area contributed by atoms with Crippen molar-refractivity contribution in [3.63, 3.8) is 0 Å². The Bertz CT molecular complexity index is 460. The molecular weight excluding hydrogens is 312 g/mol. The van der Waals surface area contributed by atoms with Crippen LogP contribution >= 0.6 is 0 Å². The Morgan fingerprint density at radius 3 is 1.88 bits per heavy atom. The van der Waals surface area contributed by atoms with Crippen molar-refractivity contribution in [1.29, 1.82) is 0 Å². The average Bonchev–Trinajstić information content (AvgIpc) is 2.72. The molecule has 0 amide bonds. The summed E-state index contributed by atoms with van der Waals surface area (Å²) in [6, 6.07) is 11.3. The third-order valence-electron chi connectivity index (χ3n) is 7.57. The second-order valence-electron chi connectivity index (χ2n) is 9.36. The average molecular weight is 355 g/mol. The van der Waals surface area contributed by atoms with Gasteiger partial charge < -0.3 is 0 Å². The van der Waals surface area contributed by atoms with Gasteiger partial charge in [-0.3, -0.25) is 0 Å². The van der Waals surface area contributed by atoms with E-state index in [2.05, 4.69) is 37.3 Å². The van der Waals surface area contributed by atoms with Crippen LogP contribution in [0.15, 0.2) is 30.3 Å². The quantitative estimate of drug-likeness (QED) is 0.390. The van der Waals surface area contributed by atoms with E-state index < -0.39 is 0 Å². The van der Waals surface area contributed by atoms with Gasteiger partial charge in [0.15, 0.2) is 0 Å². The van der Waals surface area contributed by atoms with E-state index in [9.17, 15) is 0 Å². The van der Waals surface area contributed by atoms with Crippen LogP contribution in [0.4, 0.5) is 0 Å². The Kier molecular flexibility index (Phi) is 8.56. The van der Waals surface area contributed by atoms with E-state index in [1.807, 2.05) is 0 Å². The van der Waals surface area contributed by atoms with E-state index in [0.29, 0.717) is 0 Å². The SMILES string of the molecule is CCCCCCCC[C@H]1CC[C@H]([C@H]2CC[C@H](c3ccccc3)CC2)CC1. The lowest BCUT2D eigenvalue weighted by molar-refractivity contribution is 0.155. The zero-order valence-electron chi connectivity index (χ0n) is 17.3. The first-order chi connectivity index (χ1) is 12.9. The number of rotatable bonds is 9. The minimum atomic E-state index is 0.844. The summed E-state index contributed by atoms with van der Waals surface area (Å²) in [5.74, 6) is 4.02. The van der Waals surface area contributed by atoms with Crippen LogP contribution < -0.4 is 0 Å². The molecule has 0 aliphatic heterocycles. The second kappa shape index (κ2) is 11.2. The van der Waals surface area contributed by atoms with Crippen molar-refractivity contribution in [2.45, 2.75) is 109 Å². The third-order valence-corrected chi connectivity index (χ3v) is 7.57. The van der Waals surface area contributed by atoms with Gasteiger partial charge >= 0.3 is 0 Å². The molecule has 0 saturated heterocycles. The van der Waals surface area contributed by atoms with Gasteiger partial charge in [-0.05, 0) is 67.8 Å². The molecule has 2 aliphatic carbocycles. The highest BCUT2D eigenvalue weighted by molar-refractivity contribution is 5.19. The fraction of sp³-hybridized carbons (Fsp3) is 0.769. The van der Waals surface area contributed by atoms with Gasteiger partial charge in [-0.2, -0.15) is 0 Å². The van der Waals surface area contributed by atoms with E-state index in [4.69, 9.17) is 0 Å². The molecule has 0 aromatic heterocycles. The molecule has 0 N–H and O–H groups in total. The third kappa shape index (κ3) is 6.14.